The smallest absolute Gasteiger partial charge is 0.259 e. The molecule has 2 N–H and O–H groups in total. The third-order valence-electron chi connectivity index (χ3n) is 3.33. The van der Waals surface area contributed by atoms with E-state index < -0.39 is 0 Å². The fraction of sp³-hybridized carbons (Fsp3) is 0.571. The minimum Gasteiger partial charge on any atom is -0.383 e. The van der Waals surface area contributed by atoms with Gasteiger partial charge in [0.25, 0.3) is 5.56 Å². The van der Waals surface area contributed by atoms with Crippen LogP contribution in [-0.2, 0) is 11.3 Å². The second kappa shape index (κ2) is 5.63. The molecule has 0 saturated heterocycles. The maximum Gasteiger partial charge on any atom is 0.259 e. The number of hydrogen-bond acceptors (Lipinski definition) is 5. The number of aromatic amines is 1. The summed E-state index contributed by atoms with van der Waals surface area (Å²) in [5, 5.41) is 4.05. The van der Waals surface area contributed by atoms with Gasteiger partial charge in [-0.15, -0.1) is 11.3 Å². The van der Waals surface area contributed by atoms with Gasteiger partial charge in [0.15, 0.2) is 0 Å². The Morgan fingerprint density at radius 2 is 2.10 bits per heavy atom. The van der Waals surface area contributed by atoms with E-state index in [1.165, 1.54) is 0 Å². The summed E-state index contributed by atoms with van der Waals surface area (Å²) in [5.41, 5.74) is 0.806. The standard InChI is InChI=1S/C14H21N3O2S/c1-8-9(2)20-13-11(8)12(18)16-10(17-13)6-15-14(3,4)7-19-5/h15H,6-7H2,1-5H3,(H,16,17,18). The van der Waals surface area contributed by atoms with Crippen LogP contribution in [0.25, 0.3) is 10.2 Å². The van der Waals surface area contributed by atoms with Gasteiger partial charge >= 0.3 is 0 Å². The van der Waals surface area contributed by atoms with Crippen LogP contribution in [0.4, 0.5) is 0 Å². The summed E-state index contributed by atoms with van der Waals surface area (Å²) in [6.07, 6.45) is 0. The molecule has 0 spiro atoms. The van der Waals surface area contributed by atoms with Crippen molar-refractivity contribution in [1.29, 1.82) is 0 Å². The Bertz CT molecular complexity index is 673. The van der Waals surface area contributed by atoms with Gasteiger partial charge in [-0.25, -0.2) is 4.98 Å². The van der Waals surface area contributed by atoms with E-state index in [2.05, 4.69) is 15.3 Å². The highest BCUT2D eigenvalue weighted by Crippen LogP contribution is 2.25. The van der Waals surface area contributed by atoms with Crippen molar-refractivity contribution in [1.82, 2.24) is 15.3 Å². The molecule has 2 aromatic rings. The second-order valence-electron chi connectivity index (χ2n) is 5.65. The number of nitrogens with zero attached hydrogens (tertiary/aromatic N) is 1. The van der Waals surface area contributed by atoms with Crippen LogP contribution in [0.15, 0.2) is 4.79 Å². The molecule has 0 aromatic carbocycles. The molecular weight excluding hydrogens is 274 g/mol. The number of methoxy groups -OCH3 is 1. The SMILES string of the molecule is COCC(C)(C)NCc1nc2sc(C)c(C)c2c(=O)[nH]1. The molecule has 0 radical (unpaired) electrons. The lowest BCUT2D eigenvalue weighted by atomic mass is 10.1. The molecule has 0 amide bonds. The first-order chi connectivity index (χ1) is 9.34. The van der Waals surface area contributed by atoms with Crippen LogP contribution in [0, 0.1) is 13.8 Å². The molecule has 0 aliphatic carbocycles. The van der Waals surface area contributed by atoms with E-state index >= 15 is 0 Å². The van der Waals surface area contributed by atoms with Gasteiger partial charge in [-0.2, -0.15) is 0 Å². The van der Waals surface area contributed by atoms with Crippen LogP contribution in [0.1, 0.15) is 30.1 Å². The molecule has 0 atom stereocenters. The predicted molar refractivity (Wildman–Crippen MR) is 82.5 cm³/mol. The van der Waals surface area contributed by atoms with Gasteiger partial charge in [-0.3, -0.25) is 4.79 Å². The predicted octanol–water partition coefficient (Wildman–Crippen LogP) is 2.12. The zero-order valence-electron chi connectivity index (χ0n) is 12.6. The largest absolute Gasteiger partial charge is 0.383 e. The van der Waals surface area contributed by atoms with Crippen molar-refractivity contribution in [2.75, 3.05) is 13.7 Å². The molecule has 0 saturated carbocycles. The highest BCUT2D eigenvalue weighted by molar-refractivity contribution is 7.18. The van der Waals surface area contributed by atoms with E-state index in [1.807, 2.05) is 27.7 Å². The number of hydrogen-bond donors (Lipinski definition) is 2. The summed E-state index contributed by atoms with van der Waals surface area (Å²) in [6.45, 7) is 9.18. The van der Waals surface area contributed by atoms with Crippen LogP contribution < -0.4 is 10.9 Å². The van der Waals surface area contributed by atoms with Gasteiger partial charge in [0.05, 0.1) is 18.5 Å². The molecule has 0 fully saturated rings. The first-order valence-corrected chi connectivity index (χ1v) is 7.38. The number of thiophene rings is 1. The summed E-state index contributed by atoms with van der Waals surface area (Å²) in [7, 11) is 1.67. The maximum atomic E-state index is 12.1. The van der Waals surface area contributed by atoms with Crippen molar-refractivity contribution in [3.05, 3.63) is 26.6 Å². The van der Waals surface area contributed by atoms with Crippen molar-refractivity contribution in [2.24, 2.45) is 0 Å². The van der Waals surface area contributed by atoms with E-state index in [4.69, 9.17) is 4.74 Å². The van der Waals surface area contributed by atoms with Crippen LogP contribution >= 0.6 is 11.3 Å². The fourth-order valence-electron chi connectivity index (χ4n) is 2.12. The number of aryl methyl sites for hydroxylation is 2. The lowest BCUT2D eigenvalue weighted by molar-refractivity contribution is 0.127. The Balaban J connectivity index is 2.26. The fourth-order valence-corrected chi connectivity index (χ4v) is 3.17. The Kier molecular flexibility index (Phi) is 4.27. The highest BCUT2D eigenvalue weighted by atomic mass is 32.1. The lowest BCUT2D eigenvalue weighted by Gasteiger charge is -2.24. The maximum absolute atomic E-state index is 12.1. The summed E-state index contributed by atoms with van der Waals surface area (Å²) in [6, 6.07) is 0. The van der Waals surface area contributed by atoms with Gasteiger partial charge < -0.3 is 15.0 Å². The van der Waals surface area contributed by atoms with E-state index in [0.29, 0.717) is 24.4 Å². The van der Waals surface area contributed by atoms with E-state index in [0.717, 1.165) is 15.3 Å². The summed E-state index contributed by atoms with van der Waals surface area (Å²) < 4.78 is 5.16. The Labute approximate surface area is 122 Å². The minimum absolute atomic E-state index is 0.0572. The Morgan fingerprint density at radius 1 is 1.40 bits per heavy atom. The van der Waals surface area contributed by atoms with Gasteiger partial charge in [-0.05, 0) is 33.3 Å². The molecule has 2 heterocycles. The number of fused-ring (bicyclic) bond motifs is 1. The molecule has 0 aliphatic rings. The Hall–Kier alpha value is -1.24. The number of aromatic nitrogens is 2. The van der Waals surface area contributed by atoms with Crippen molar-refractivity contribution in [2.45, 2.75) is 39.8 Å². The molecule has 2 aromatic heterocycles. The third-order valence-corrected chi connectivity index (χ3v) is 4.43. The summed E-state index contributed by atoms with van der Waals surface area (Å²) >= 11 is 1.57. The van der Waals surface area contributed by atoms with Crippen molar-refractivity contribution in [3.63, 3.8) is 0 Å². The quantitative estimate of drug-likeness (QED) is 0.886. The van der Waals surface area contributed by atoms with Crippen LogP contribution in [0.5, 0.6) is 0 Å². The van der Waals surface area contributed by atoms with E-state index in [1.54, 1.807) is 18.4 Å². The molecule has 20 heavy (non-hydrogen) atoms. The van der Waals surface area contributed by atoms with E-state index in [9.17, 15) is 4.79 Å². The van der Waals surface area contributed by atoms with Crippen LogP contribution in [-0.4, -0.2) is 29.2 Å². The van der Waals surface area contributed by atoms with Crippen molar-refractivity contribution >= 4 is 21.6 Å². The number of rotatable bonds is 5. The Morgan fingerprint density at radius 3 is 2.75 bits per heavy atom. The topological polar surface area (TPSA) is 67.0 Å². The third kappa shape index (κ3) is 3.08. The molecule has 0 unspecified atom stereocenters. The molecule has 5 nitrogen and oxygen atoms in total. The van der Waals surface area contributed by atoms with Gasteiger partial charge in [-0.1, -0.05) is 0 Å². The monoisotopic (exact) mass is 295 g/mol. The van der Waals surface area contributed by atoms with E-state index in [-0.39, 0.29) is 11.1 Å². The molecule has 2 rings (SSSR count). The number of ether oxygens (including phenoxy) is 1. The minimum atomic E-state index is -0.163. The van der Waals surface area contributed by atoms with Gasteiger partial charge in [0.1, 0.15) is 10.7 Å². The van der Waals surface area contributed by atoms with Crippen LogP contribution in [0.3, 0.4) is 0 Å². The van der Waals surface area contributed by atoms with Gasteiger partial charge in [0.2, 0.25) is 0 Å². The van der Waals surface area contributed by atoms with Crippen molar-refractivity contribution in [3.8, 4) is 0 Å². The number of nitrogens with one attached hydrogen (secondary N) is 2. The molecule has 0 bridgehead atoms. The molecule has 6 heteroatoms. The summed E-state index contributed by atoms with van der Waals surface area (Å²) in [5.74, 6) is 0.660. The molecular formula is C14H21N3O2S. The zero-order chi connectivity index (χ0) is 14.9. The summed E-state index contributed by atoms with van der Waals surface area (Å²) in [4.78, 5) is 21.5. The van der Waals surface area contributed by atoms with Crippen molar-refractivity contribution < 1.29 is 4.74 Å². The van der Waals surface area contributed by atoms with Gasteiger partial charge in [0, 0.05) is 17.5 Å². The first-order valence-electron chi connectivity index (χ1n) is 6.57. The number of H-pyrrole nitrogens is 1. The highest BCUT2D eigenvalue weighted by Gasteiger charge is 2.18. The zero-order valence-corrected chi connectivity index (χ0v) is 13.4. The second-order valence-corrected chi connectivity index (χ2v) is 6.85. The molecule has 110 valence electrons. The van der Waals surface area contributed by atoms with Crippen LogP contribution in [0.2, 0.25) is 0 Å². The molecule has 0 aliphatic heterocycles. The average Bonchev–Trinajstić information content (AvgIpc) is 2.63. The normalized spacial score (nSPS) is 12.2. The lowest BCUT2D eigenvalue weighted by Crippen LogP contribution is -2.43. The first kappa shape index (κ1) is 15.2. The average molecular weight is 295 g/mol.